The lowest BCUT2D eigenvalue weighted by Crippen LogP contribution is -2.44. The Balaban J connectivity index is 2.38. The molecule has 6 heteroatoms. The van der Waals surface area contributed by atoms with Crippen LogP contribution in [0.25, 0.3) is 0 Å². The third-order valence-electron chi connectivity index (χ3n) is 3.67. The summed E-state index contributed by atoms with van der Waals surface area (Å²) in [6, 6.07) is 0.376. The van der Waals surface area contributed by atoms with Gasteiger partial charge in [-0.3, -0.25) is 0 Å². The molecule has 1 saturated heterocycles. The van der Waals surface area contributed by atoms with Gasteiger partial charge in [0.05, 0.1) is 0 Å². The van der Waals surface area contributed by atoms with Crippen LogP contribution >= 0.6 is 0 Å². The van der Waals surface area contributed by atoms with Crippen LogP contribution in [0.15, 0.2) is 17.5 Å². The molecule has 1 aliphatic heterocycles. The van der Waals surface area contributed by atoms with Gasteiger partial charge in [-0.1, -0.05) is 12.1 Å². The van der Waals surface area contributed by atoms with E-state index in [0.717, 1.165) is 13.0 Å². The van der Waals surface area contributed by atoms with Gasteiger partial charge in [-0.25, -0.2) is 9.97 Å². The molecule has 18 heavy (non-hydrogen) atoms. The molecule has 98 valence electrons. The van der Waals surface area contributed by atoms with Crippen LogP contribution in [0.4, 0.5) is 5.82 Å². The van der Waals surface area contributed by atoms with E-state index in [1.165, 1.54) is 6.42 Å². The number of anilines is 1. The minimum Gasteiger partial charge on any atom is -0.409 e. The van der Waals surface area contributed by atoms with Crippen molar-refractivity contribution in [2.75, 3.05) is 11.4 Å². The normalized spacial score (nSPS) is 25.2. The van der Waals surface area contributed by atoms with Gasteiger partial charge in [0.25, 0.3) is 0 Å². The van der Waals surface area contributed by atoms with E-state index in [2.05, 4.69) is 33.9 Å². The fourth-order valence-electron chi connectivity index (χ4n) is 2.40. The SMILES string of the molecule is CC1CCCN(c2nccnc2C(N)=NO)C1C. The maximum Gasteiger partial charge on any atom is 0.192 e. The Bertz CT molecular complexity index is 448. The average Bonchev–Trinajstić information content (AvgIpc) is 2.41. The number of aromatic nitrogens is 2. The molecule has 1 aliphatic rings. The fourth-order valence-corrected chi connectivity index (χ4v) is 2.40. The lowest BCUT2D eigenvalue weighted by molar-refractivity contribution is 0.318. The first kappa shape index (κ1) is 12.6. The van der Waals surface area contributed by atoms with E-state index in [1.807, 2.05) is 0 Å². The second kappa shape index (κ2) is 5.20. The van der Waals surface area contributed by atoms with E-state index < -0.39 is 0 Å². The lowest BCUT2D eigenvalue weighted by Gasteiger charge is -2.39. The Labute approximate surface area is 107 Å². The van der Waals surface area contributed by atoms with Gasteiger partial charge in [-0.2, -0.15) is 0 Å². The predicted molar refractivity (Wildman–Crippen MR) is 69.7 cm³/mol. The Kier molecular flexibility index (Phi) is 3.64. The van der Waals surface area contributed by atoms with Crippen molar-refractivity contribution >= 4 is 11.7 Å². The summed E-state index contributed by atoms with van der Waals surface area (Å²) >= 11 is 0. The van der Waals surface area contributed by atoms with Gasteiger partial charge >= 0.3 is 0 Å². The van der Waals surface area contributed by atoms with Crippen LogP contribution in [-0.2, 0) is 0 Å². The molecule has 0 amide bonds. The lowest BCUT2D eigenvalue weighted by atomic mass is 9.92. The highest BCUT2D eigenvalue weighted by Crippen LogP contribution is 2.28. The van der Waals surface area contributed by atoms with Crippen LogP contribution in [0.3, 0.4) is 0 Å². The Morgan fingerprint density at radius 2 is 2.17 bits per heavy atom. The average molecular weight is 249 g/mol. The third kappa shape index (κ3) is 2.23. The van der Waals surface area contributed by atoms with Crippen molar-refractivity contribution in [3.05, 3.63) is 18.1 Å². The van der Waals surface area contributed by atoms with Crippen LogP contribution in [0.5, 0.6) is 0 Å². The second-order valence-electron chi connectivity index (χ2n) is 4.77. The number of rotatable bonds is 2. The van der Waals surface area contributed by atoms with Crippen LogP contribution in [0.1, 0.15) is 32.4 Å². The summed E-state index contributed by atoms with van der Waals surface area (Å²) in [5.41, 5.74) is 6.10. The molecule has 0 radical (unpaired) electrons. The zero-order chi connectivity index (χ0) is 13.1. The second-order valence-corrected chi connectivity index (χ2v) is 4.77. The smallest absolute Gasteiger partial charge is 0.192 e. The Morgan fingerprint density at radius 1 is 1.44 bits per heavy atom. The minimum absolute atomic E-state index is 0.00327. The maximum absolute atomic E-state index is 8.81. The molecule has 0 bridgehead atoms. The molecule has 6 nitrogen and oxygen atoms in total. The molecule has 2 heterocycles. The van der Waals surface area contributed by atoms with Gasteiger partial charge in [-0.05, 0) is 25.7 Å². The number of hydrogen-bond acceptors (Lipinski definition) is 5. The summed E-state index contributed by atoms with van der Waals surface area (Å²) in [4.78, 5) is 10.7. The van der Waals surface area contributed by atoms with E-state index in [-0.39, 0.29) is 5.84 Å². The van der Waals surface area contributed by atoms with Gasteiger partial charge < -0.3 is 15.8 Å². The van der Waals surface area contributed by atoms with Gasteiger partial charge in [-0.15, -0.1) is 0 Å². The molecule has 2 atom stereocenters. The van der Waals surface area contributed by atoms with E-state index >= 15 is 0 Å². The summed E-state index contributed by atoms with van der Waals surface area (Å²) in [5, 5.41) is 11.8. The Morgan fingerprint density at radius 3 is 2.89 bits per heavy atom. The van der Waals surface area contributed by atoms with Crippen molar-refractivity contribution in [2.45, 2.75) is 32.7 Å². The van der Waals surface area contributed by atoms with Crippen molar-refractivity contribution in [3.8, 4) is 0 Å². The van der Waals surface area contributed by atoms with Crippen LogP contribution in [0, 0.1) is 5.92 Å². The first-order valence-electron chi connectivity index (χ1n) is 6.20. The summed E-state index contributed by atoms with van der Waals surface area (Å²) in [6.07, 6.45) is 5.53. The standard InChI is InChI=1S/C12H19N5O/c1-8-4-3-7-17(9(8)2)12-10(11(13)16-18)14-5-6-15-12/h5-6,8-9,18H,3-4,7H2,1-2H3,(H2,13,16). The topological polar surface area (TPSA) is 87.6 Å². The van der Waals surface area contributed by atoms with E-state index in [4.69, 9.17) is 10.9 Å². The van der Waals surface area contributed by atoms with Crippen molar-refractivity contribution in [2.24, 2.45) is 16.8 Å². The molecule has 2 unspecified atom stereocenters. The summed E-state index contributed by atoms with van der Waals surface area (Å²) < 4.78 is 0. The predicted octanol–water partition coefficient (Wildman–Crippen LogP) is 1.20. The van der Waals surface area contributed by atoms with Crippen LogP contribution in [0.2, 0.25) is 0 Å². The number of nitrogens with zero attached hydrogens (tertiary/aromatic N) is 4. The molecule has 1 aromatic heterocycles. The van der Waals surface area contributed by atoms with Gasteiger partial charge in [0, 0.05) is 25.0 Å². The highest BCUT2D eigenvalue weighted by molar-refractivity contribution is 5.99. The molecular weight excluding hydrogens is 230 g/mol. The minimum atomic E-state index is 0.00327. The third-order valence-corrected chi connectivity index (χ3v) is 3.67. The number of nitrogens with two attached hydrogens (primary N) is 1. The molecule has 0 aliphatic carbocycles. The molecular formula is C12H19N5O. The van der Waals surface area contributed by atoms with Crippen molar-refractivity contribution in [1.29, 1.82) is 0 Å². The number of piperidine rings is 1. The van der Waals surface area contributed by atoms with E-state index in [9.17, 15) is 0 Å². The molecule has 3 N–H and O–H groups in total. The van der Waals surface area contributed by atoms with Crippen molar-refractivity contribution < 1.29 is 5.21 Å². The van der Waals surface area contributed by atoms with E-state index in [0.29, 0.717) is 23.5 Å². The van der Waals surface area contributed by atoms with Crippen LogP contribution in [-0.4, -0.2) is 33.6 Å². The number of hydrogen-bond donors (Lipinski definition) is 2. The molecule has 0 aromatic carbocycles. The molecule has 1 fully saturated rings. The van der Waals surface area contributed by atoms with Gasteiger partial charge in [0.2, 0.25) is 0 Å². The monoisotopic (exact) mass is 249 g/mol. The molecule has 1 aromatic rings. The quantitative estimate of drug-likeness (QED) is 0.356. The summed E-state index contributed by atoms with van der Waals surface area (Å²) in [5.74, 6) is 1.30. The van der Waals surface area contributed by atoms with Crippen molar-refractivity contribution in [1.82, 2.24) is 9.97 Å². The fraction of sp³-hybridized carbons (Fsp3) is 0.583. The zero-order valence-corrected chi connectivity index (χ0v) is 10.7. The first-order chi connectivity index (χ1) is 8.65. The molecule has 2 rings (SSSR count). The zero-order valence-electron chi connectivity index (χ0n) is 10.7. The number of amidine groups is 1. The first-order valence-corrected chi connectivity index (χ1v) is 6.20. The van der Waals surface area contributed by atoms with E-state index in [1.54, 1.807) is 12.4 Å². The highest BCUT2D eigenvalue weighted by Gasteiger charge is 2.28. The summed E-state index contributed by atoms with van der Waals surface area (Å²) in [7, 11) is 0. The molecule has 0 saturated carbocycles. The van der Waals surface area contributed by atoms with Gasteiger partial charge in [0.1, 0.15) is 0 Å². The number of oxime groups is 1. The molecule has 0 spiro atoms. The summed E-state index contributed by atoms with van der Waals surface area (Å²) in [6.45, 7) is 5.33. The Hall–Kier alpha value is -1.85. The largest absolute Gasteiger partial charge is 0.409 e. The van der Waals surface area contributed by atoms with Crippen LogP contribution < -0.4 is 10.6 Å². The van der Waals surface area contributed by atoms with Crippen molar-refractivity contribution in [3.63, 3.8) is 0 Å². The highest BCUT2D eigenvalue weighted by atomic mass is 16.4. The maximum atomic E-state index is 8.81. The van der Waals surface area contributed by atoms with Gasteiger partial charge in [0.15, 0.2) is 17.3 Å².